The molecule has 1 atom stereocenters. The van der Waals surface area contributed by atoms with Gasteiger partial charge in [0, 0.05) is 28.7 Å². The van der Waals surface area contributed by atoms with Crippen molar-refractivity contribution in [3.8, 4) is 5.75 Å². The molecular weight excluding hydrogens is 528 g/mol. The van der Waals surface area contributed by atoms with Crippen LogP contribution in [-0.4, -0.2) is 25.0 Å². The molecule has 1 aliphatic carbocycles. The molecule has 1 amide bonds. The van der Waals surface area contributed by atoms with Crippen LogP contribution in [-0.2, 0) is 16.1 Å². The number of hydrogen-bond donors (Lipinski definition) is 2. The lowest BCUT2D eigenvalue weighted by Crippen LogP contribution is -2.26. The highest BCUT2D eigenvalue weighted by Gasteiger charge is 2.30. The quantitative estimate of drug-likeness (QED) is 0.170. The number of ether oxygens (including phenoxy) is 2. The van der Waals surface area contributed by atoms with Gasteiger partial charge in [-0.3, -0.25) is 9.59 Å². The van der Waals surface area contributed by atoms with Crippen molar-refractivity contribution in [3.05, 3.63) is 95.2 Å². The number of carbonyl (C=O) groups excluding carboxylic acids is 2. The Balaban J connectivity index is 1.31. The molecule has 0 spiro atoms. The Morgan fingerprint density at radius 2 is 1.74 bits per heavy atom. The Labute approximate surface area is 247 Å². The number of anilines is 1. The van der Waals surface area contributed by atoms with Gasteiger partial charge in [0.25, 0.3) is 5.91 Å². The third-order valence-corrected chi connectivity index (χ3v) is 7.99. The first-order valence-corrected chi connectivity index (χ1v) is 15.0. The lowest BCUT2D eigenvalue weighted by molar-refractivity contribution is -0.142. The van der Waals surface area contributed by atoms with E-state index in [9.17, 15) is 9.59 Å². The Kier molecular flexibility index (Phi) is 9.80. The molecule has 2 N–H and O–H groups in total. The average molecular weight is 569 g/mol. The van der Waals surface area contributed by atoms with Crippen molar-refractivity contribution in [3.63, 3.8) is 0 Å². The summed E-state index contributed by atoms with van der Waals surface area (Å²) in [6.07, 6.45) is 6.13. The molecule has 42 heavy (non-hydrogen) atoms. The second-order valence-corrected chi connectivity index (χ2v) is 10.9. The molecule has 3 aromatic carbocycles. The van der Waals surface area contributed by atoms with Crippen molar-refractivity contribution in [2.45, 2.75) is 65.0 Å². The van der Waals surface area contributed by atoms with Crippen LogP contribution < -0.4 is 15.4 Å². The van der Waals surface area contributed by atoms with Crippen molar-refractivity contribution in [2.75, 3.05) is 18.5 Å². The van der Waals surface area contributed by atoms with E-state index in [1.54, 1.807) is 6.92 Å². The standard InChI is InChI=1S/C35H40N2O5/c1-3-40-32(38)20-21-36-35(39)27-14-16-28(17-15-27)37-33(26-12-8-5-9-13-26)34-24(2)30-22-29(18-19-31(30)42-34)41-23-25-10-6-4-7-11-25/h4,6-7,10-11,14-19,22,26,33,37H,3,5,8-9,12-13,20-21,23H2,1-2H3,(H,36,39). The topological polar surface area (TPSA) is 89.8 Å². The van der Waals surface area contributed by atoms with Crippen LogP contribution in [0.5, 0.6) is 5.75 Å². The SMILES string of the molecule is CCOC(=O)CCNC(=O)c1ccc(NC(c2oc3ccc(OCc4ccccc4)cc3c2C)C2CCCCC2)cc1. The molecule has 5 rings (SSSR count). The maximum absolute atomic E-state index is 12.6. The Hall–Kier alpha value is -4.26. The zero-order valence-corrected chi connectivity index (χ0v) is 24.5. The lowest BCUT2D eigenvalue weighted by Gasteiger charge is -2.31. The summed E-state index contributed by atoms with van der Waals surface area (Å²) >= 11 is 0. The van der Waals surface area contributed by atoms with E-state index in [0.29, 0.717) is 24.7 Å². The molecule has 7 heteroatoms. The van der Waals surface area contributed by atoms with Crippen molar-refractivity contribution in [2.24, 2.45) is 5.92 Å². The molecule has 1 aliphatic rings. The van der Waals surface area contributed by atoms with Gasteiger partial charge in [-0.25, -0.2) is 0 Å². The van der Waals surface area contributed by atoms with Crippen molar-refractivity contribution in [1.29, 1.82) is 0 Å². The fraction of sp³-hybridized carbons (Fsp3) is 0.371. The zero-order chi connectivity index (χ0) is 29.3. The minimum absolute atomic E-state index is 0.00985. The molecule has 220 valence electrons. The molecule has 0 saturated heterocycles. The zero-order valence-electron chi connectivity index (χ0n) is 24.5. The van der Waals surface area contributed by atoms with Gasteiger partial charge in [-0.05, 0) is 80.6 Å². The van der Waals surface area contributed by atoms with E-state index in [1.165, 1.54) is 19.3 Å². The molecule has 1 heterocycles. The molecule has 4 aromatic rings. The van der Waals surface area contributed by atoms with E-state index in [4.69, 9.17) is 13.9 Å². The largest absolute Gasteiger partial charge is 0.489 e. The monoisotopic (exact) mass is 568 g/mol. The first-order chi connectivity index (χ1) is 20.5. The van der Waals surface area contributed by atoms with Crippen molar-refractivity contribution in [1.82, 2.24) is 5.32 Å². The lowest BCUT2D eigenvalue weighted by atomic mass is 9.82. The molecule has 0 bridgehead atoms. The van der Waals surface area contributed by atoms with Crippen LogP contribution in [0.2, 0.25) is 0 Å². The number of hydrogen-bond acceptors (Lipinski definition) is 6. The summed E-state index contributed by atoms with van der Waals surface area (Å²) in [5.41, 5.74) is 4.58. The van der Waals surface area contributed by atoms with E-state index < -0.39 is 0 Å². The Morgan fingerprint density at radius 3 is 2.48 bits per heavy atom. The van der Waals surface area contributed by atoms with Crippen molar-refractivity contribution >= 4 is 28.5 Å². The first kappa shape index (κ1) is 29.2. The van der Waals surface area contributed by atoms with Gasteiger partial charge in [0.2, 0.25) is 0 Å². The van der Waals surface area contributed by atoms with Gasteiger partial charge in [-0.2, -0.15) is 0 Å². The number of rotatable bonds is 12. The number of esters is 1. The fourth-order valence-electron chi connectivity index (χ4n) is 5.72. The normalized spacial score (nSPS) is 14.3. The predicted molar refractivity (Wildman–Crippen MR) is 165 cm³/mol. The smallest absolute Gasteiger partial charge is 0.307 e. The Bertz CT molecular complexity index is 1470. The summed E-state index contributed by atoms with van der Waals surface area (Å²) in [6, 6.07) is 23.7. The number of aryl methyl sites for hydroxylation is 1. The number of furan rings is 1. The first-order valence-electron chi connectivity index (χ1n) is 15.0. The summed E-state index contributed by atoms with van der Waals surface area (Å²) in [4.78, 5) is 24.1. The fourth-order valence-corrected chi connectivity index (χ4v) is 5.72. The number of carbonyl (C=O) groups is 2. The molecule has 1 fully saturated rings. The summed E-state index contributed by atoms with van der Waals surface area (Å²) in [7, 11) is 0. The summed E-state index contributed by atoms with van der Waals surface area (Å²) in [5, 5.41) is 7.60. The van der Waals surface area contributed by atoms with Gasteiger partial charge in [0.1, 0.15) is 23.7 Å². The van der Waals surface area contributed by atoms with Crippen molar-refractivity contribution < 1.29 is 23.5 Å². The van der Waals surface area contributed by atoms with Crippen LogP contribution in [0.15, 0.2) is 77.2 Å². The second-order valence-electron chi connectivity index (χ2n) is 10.9. The van der Waals surface area contributed by atoms with Gasteiger partial charge in [-0.1, -0.05) is 49.6 Å². The molecular formula is C35H40N2O5. The third kappa shape index (κ3) is 7.32. The molecule has 0 radical (unpaired) electrons. The molecule has 1 aromatic heterocycles. The predicted octanol–water partition coefficient (Wildman–Crippen LogP) is 7.74. The van der Waals surface area contributed by atoms with E-state index in [-0.39, 0.29) is 30.9 Å². The van der Waals surface area contributed by atoms with E-state index in [1.807, 2.05) is 54.6 Å². The highest BCUT2D eigenvalue weighted by atomic mass is 16.5. The number of fused-ring (bicyclic) bond motifs is 1. The van der Waals surface area contributed by atoms with Gasteiger partial charge < -0.3 is 24.5 Å². The van der Waals surface area contributed by atoms with E-state index in [2.05, 4.69) is 35.8 Å². The summed E-state index contributed by atoms with van der Waals surface area (Å²) in [6.45, 7) is 4.98. The average Bonchev–Trinajstić information content (AvgIpc) is 3.35. The number of amides is 1. The second kappa shape index (κ2) is 14.1. The van der Waals surface area contributed by atoms with Gasteiger partial charge in [0.15, 0.2) is 0 Å². The van der Waals surface area contributed by atoms with E-state index in [0.717, 1.165) is 52.1 Å². The molecule has 0 aliphatic heterocycles. The van der Waals surface area contributed by atoms with Crippen LogP contribution in [0.25, 0.3) is 11.0 Å². The van der Waals surface area contributed by atoms with E-state index >= 15 is 0 Å². The highest BCUT2D eigenvalue weighted by molar-refractivity contribution is 5.94. The van der Waals surface area contributed by atoms with Gasteiger partial charge >= 0.3 is 5.97 Å². The highest BCUT2D eigenvalue weighted by Crippen LogP contribution is 2.41. The molecule has 7 nitrogen and oxygen atoms in total. The molecule has 1 unspecified atom stereocenters. The minimum atomic E-state index is -0.317. The van der Waals surface area contributed by atoms with Crippen LogP contribution in [0.1, 0.15) is 78.7 Å². The maximum Gasteiger partial charge on any atom is 0.307 e. The Morgan fingerprint density at radius 1 is 0.976 bits per heavy atom. The number of nitrogens with one attached hydrogen (secondary N) is 2. The maximum atomic E-state index is 12.6. The van der Waals surface area contributed by atoms with Gasteiger partial charge in [0.05, 0.1) is 19.1 Å². The third-order valence-electron chi connectivity index (χ3n) is 7.99. The summed E-state index contributed by atoms with van der Waals surface area (Å²) in [5.74, 6) is 1.69. The van der Waals surface area contributed by atoms with Crippen LogP contribution >= 0.6 is 0 Å². The molecule has 1 saturated carbocycles. The van der Waals surface area contributed by atoms with Gasteiger partial charge in [-0.15, -0.1) is 0 Å². The summed E-state index contributed by atoms with van der Waals surface area (Å²) < 4.78 is 17.5. The minimum Gasteiger partial charge on any atom is -0.489 e. The van der Waals surface area contributed by atoms with Crippen LogP contribution in [0, 0.1) is 12.8 Å². The van der Waals surface area contributed by atoms with Crippen LogP contribution in [0.4, 0.5) is 5.69 Å². The number of benzene rings is 3. The van der Waals surface area contributed by atoms with Crippen LogP contribution in [0.3, 0.4) is 0 Å².